The summed E-state index contributed by atoms with van der Waals surface area (Å²) >= 11 is 0. The van der Waals surface area contributed by atoms with Crippen LogP contribution in [0.15, 0.2) is 0 Å². The number of hydrogen-bond donors (Lipinski definition) is 11. The molecule has 0 aliphatic carbocycles. The van der Waals surface area contributed by atoms with Crippen molar-refractivity contribution < 1.29 is 63.6 Å². The fourth-order valence-electron chi connectivity index (χ4n) is 7.58. The number of likely N-dealkylation sites (tertiary alicyclic amines) is 2. The van der Waals surface area contributed by atoms with Gasteiger partial charge in [-0.1, -0.05) is 48.0 Å². The number of hydrogen-bond acceptors (Lipinski definition) is 13. The van der Waals surface area contributed by atoms with Gasteiger partial charge in [-0.3, -0.25) is 38.4 Å². The SMILES string of the molecule is CC[C@H](C)[C@H](N)C(=O)N[C@@H](CC(C)C)C(=O)N[C@H](C(=O)N[C@H](C(=O)N[C@H](C(=O)N1CCC[C@H]1C(=O)N[C@H](C(=O)N[C@@H](C)C(=O)N1CCC[C@H]1C(=O)O)[C@@H](C)O)C(C)C)[C@@H](C)O)[C@@H](C)O. The minimum atomic E-state index is -1.71. The van der Waals surface area contributed by atoms with E-state index in [4.69, 9.17) is 5.73 Å². The third-order valence-corrected chi connectivity index (χ3v) is 11.7. The summed E-state index contributed by atoms with van der Waals surface area (Å²) in [6.07, 6.45) is -2.55. The Morgan fingerprint density at radius 1 is 0.578 bits per heavy atom. The van der Waals surface area contributed by atoms with Crippen LogP contribution in [0.1, 0.15) is 108 Å². The van der Waals surface area contributed by atoms with E-state index >= 15 is 0 Å². The van der Waals surface area contributed by atoms with Gasteiger partial charge in [-0.05, 0) is 77.6 Å². The van der Waals surface area contributed by atoms with Crippen LogP contribution < -0.4 is 37.6 Å². The number of carbonyl (C=O) groups excluding carboxylic acids is 8. The van der Waals surface area contributed by atoms with Gasteiger partial charge in [-0.2, -0.15) is 0 Å². The molecule has 0 unspecified atom stereocenters. The number of rotatable bonds is 23. The minimum absolute atomic E-state index is 0.0713. The predicted octanol–water partition coefficient (Wildman–Crippen LogP) is -2.80. The molecule has 22 nitrogen and oxygen atoms in total. The van der Waals surface area contributed by atoms with E-state index in [0.717, 1.165) is 4.90 Å². The van der Waals surface area contributed by atoms with Crippen LogP contribution >= 0.6 is 0 Å². The third-order valence-electron chi connectivity index (χ3n) is 11.7. The first-order valence-electron chi connectivity index (χ1n) is 22.2. The molecule has 2 aliphatic rings. The van der Waals surface area contributed by atoms with Gasteiger partial charge < -0.3 is 67.9 Å². The van der Waals surface area contributed by atoms with E-state index in [0.29, 0.717) is 19.3 Å². The van der Waals surface area contributed by atoms with E-state index in [1.54, 1.807) is 20.8 Å². The van der Waals surface area contributed by atoms with Crippen LogP contribution in [0, 0.1) is 17.8 Å². The first kappa shape index (κ1) is 55.2. The summed E-state index contributed by atoms with van der Waals surface area (Å²) in [5.41, 5.74) is 6.07. The van der Waals surface area contributed by atoms with E-state index in [1.807, 2.05) is 20.8 Å². The van der Waals surface area contributed by atoms with Crippen molar-refractivity contribution in [3.05, 3.63) is 0 Å². The first-order chi connectivity index (χ1) is 29.7. The molecule has 0 saturated carbocycles. The highest BCUT2D eigenvalue weighted by Crippen LogP contribution is 2.22. The molecule has 0 spiro atoms. The van der Waals surface area contributed by atoms with Crippen LogP contribution in [0.5, 0.6) is 0 Å². The first-order valence-corrected chi connectivity index (χ1v) is 22.2. The molecule has 2 saturated heterocycles. The van der Waals surface area contributed by atoms with Crippen molar-refractivity contribution >= 4 is 53.2 Å². The number of carbonyl (C=O) groups is 9. The number of nitrogens with zero attached hydrogens (tertiary/aromatic N) is 2. The largest absolute Gasteiger partial charge is 0.480 e. The highest BCUT2D eigenvalue weighted by atomic mass is 16.4. The molecule has 8 amide bonds. The zero-order valence-electron chi connectivity index (χ0n) is 38.8. The summed E-state index contributed by atoms with van der Waals surface area (Å²) in [4.78, 5) is 122. The van der Waals surface area contributed by atoms with Crippen molar-refractivity contribution in [1.29, 1.82) is 0 Å². The Kier molecular flexibility index (Phi) is 21.5. The standard InChI is InChI=1S/C42H73N9O13/c1-11-21(6)29(43)36(57)45-26(18-19(2)3)34(55)47-32(24(9)53)39(60)49-33(25(10)54)38(59)46-30(20(4)5)41(62)50-16-12-14-27(50)35(56)48-31(23(8)52)37(58)44-22(7)40(61)51-17-13-15-28(51)42(63)64/h19-33,52-54H,11-18,43H2,1-10H3,(H,44,58)(H,45,57)(H,46,59)(H,47,55)(H,48,56)(H,49,60)(H,63,64)/t21-,22-,23+,24+,25+,26-,27-,28-,29-,30-,31-,32-,33-/m0/s1. The predicted molar refractivity (Wildman–Crippen MR) is 231 cm³/mol. The summed E-state index contributed by atoms with van der Waals surface area (Å²) in [6, 6.07) is -11.7. The molecule has 22 heteroatoms. The van der Waals surface area contributed by atoms with Crippen molar-refractivity contribution in [2.24, 2.45) is 23.5 Å². The maximum absolute atomic E-state index is 14.1. The van der Waals surface area contributed by atoms with Crippen LogP contribution in [0.4, 0.5) is 0 Å². The van der Waals surface area contributed by atoms with Crippen molar-refractivity contribution in [2.75, 3.05) is 13.1 Å². The number of amides is 8. The third kappa shape index (κ3) is 15.1. The summed E-state index contributed by atoms with van der Waals surface area (Å²) in [7, 11) is 0. The van der Waals surface area contributed by atoms with Crippen LogP contribution in [-0.2, 0) is 43.2 Å². The number of aliphatic carboxylic acids is 1. The van der Waals surface area contributed by atoms with Crippen LogP contribution in [0.2, 0.25) is 0 Å². The zero-order chi connectivity index (χ0) is 48.9. The zero-order valence-corrected chi connectivity index (χ0v) is 38.8. The summed E-state index contributed by atoms with van der Waals surface area (Å²) in [5.74, 6) is -8.58. The monoisotopic (exact) mass is 912 g/mol. The molecule has 0 aromatic carbocycles. The molecular weight excluding hydrogens is 839 g/mol. The highest BCUT2D eigenvalue weighted by molar-refractivity contribution is 5.98. The normalized spacial score (nSPS) is 21.5. The molecule has 2 fully saturated rings. The second kappa shape index (κ2) is 24.9. The van der Waals surface area contributed by atoms with Crippen molar-refractivity contribution in [2.45, 2.75) is 180 Å². The average Bonchev–Trinajstić information content (AvgIpc) is 3.92. The molecule has 13 atom stereocenters. The Hall–Kier alpha value is -4.93. The Bertz CT molecular complexity index is 1680. The molecule has 0 bridgehead atoms. The lowest BCUT2D eigenvalue weighted by molar-refractivity contribution is -0.149. The molecule has 64 heavy (non-hydrogen) atoms. The molecule has 0 aromatic heterocycles. The van der Waals surface area contributed by atoms with Crippen LogP contribution in [0.25, 0.3) is 0 Å². The van der Waals surface area contributed by atoms with Gasteiger partial charge in [0.05, 0.1) is 24.4 Å². The molecule has 0 radical (unpaired) electrons. The summed E-state index contributed by atoms with van der Waals surface area (Å²) in [5, 5.41) is 56.1. The van der Waals surface area contributed by atoms with Gasteiger partial charge >= 0.3 is 5.97 Å². The quantitative estimate of drug-likeness (QED) is 0.0494. The van der Waals surface area contributed by atoms with Gasteiger partial charge in [0.1, 0.15) is 48.3 Å². The maximum Gasteiger partial charge on any atom is 0.326 e. The lowest BCUT2D eigenvalue weighted by atomic mass is 9.97. The molecular formula is C42H73N9O13. The van der Waals surface area contributed by atoms with Gasteiger partial charge in [0.2, 0.25) is 47.3 Å². The smallest absolute Gasteiger partial charge is 0.326 e. The highest BCUT2D eigenvalue weighted by Gasteiger charge is 2.43. The molecule has 2 heterocycles. The topological polar surface area (TPSA) is 339 Å². The Balaban J connectivity index is 2.21. The number of nitrogens with two attached hydrogens (primary N) is 1. The fourth-order valence-corrected chi connectivity index (χ4v) is 7.58. The molecule has 364 valence electrons. The van der Waals surface area contributed by atoms with E-state index < -0.39 is 132 Å². The maximum atomic E-state index is 14.1. The van der Waals surface area contributed by atoms with Gasteiger partial charge in [0.15, 0.2) is 0 Å². The number of carboxylic acid groups (broad SMARTS) is 1. The fraction of sp³-hybridized carbons (Fsp3) is 0.786. The van der Waals surface area contributed by atoms with E-state index in [2.05, 4.69) is 31.9 Å². The lowest BCUT2D eigenvalue weighted by Crippen LogP contribution is -2.64. The van der Waals surface area contributed by atoms with Gasteiger partial charge in [-0.15, -0.1) is 0 Å². The number of aliphatic hydroxyl groups is 3. The second-order valence-electron chi connectivity index (χ2n) is 18.0. The Morgan fingerprint density at radius 2 is 1.02 bits per heavy atom. The molecule has 12 N–H and O–H groups in total. The molecule has 2 aliphatic heterocycles. The van der Waals surface area contributed by atoms with Crippen LogP contribution in [-0.4, -0.2) is 169 Å². The van der Waals surface area contributed by atoms with Crippen molar-refractivity contribution in [3.63, 3.8) is 0 Å². The van der Waals surface area contributed by atoms with E-state index in [1.165, 1.54) is 32.6 Å². The van der Waals surface area contributed by atoms with Crippen LogP contribution in [0.3, 0.4) is 0 Å². The Morgan fingerprint density at radius 3 is 1.47 bits per heavy atom. The summed E-state index contributed by atoms with van der Waals surface area (Å²) < 4.78 is 0. The Labute approximate surface area is 374 Å². The van der Waals surface area contributed by atoms with E-state index in [-0.39, 0.29) is 44.2 Å². The van der Waals surface area contributed by atoms with Gasteiger partial charge in [-0.25, -0.2) is 4.79 Å². The van der Waals surface area contributed by atoms with Gasteiger partial charge in [0.25, 0.3) is 0 Å². The number of carboxylic acids is 1. The molecule has 0 aromatic rings. The van der Waals surface area contributed by atoms with Gasteiger partial charge in [0, 0.05) is 13.1 Å². The number of nitrogens with one attached hydrogen (secondary N) is 6. The van der Waals surface area contributed by atoms with Crippen molar-refractivity contribution in [3.8, 4) is 0 Å². The number of aliphatic hydroxyl groups excluding tert-OH is 3. The minimum Gasteiger partial charge on any atom is -0.480 e. The molecule has 2 rings (SSSR count). The van der Waals surface area contributed by atoms with Crippen molar-refractivity contribution in [1.82, 2.24) is 41.7 Å². The second-order valence-corrected chi connectivity index (χ2v) is 18.0. The average molecular weight is 912 g/mol. The summed E-state index contributed by atoms with van der Waals surface area (Å²) in [6.45, 7) is 15.8. The lowest BCUT2D eigenvalue weighted by Gasteiger charge is -2.33. The van der Waals surface area contributed by atoms with E-state index in [9.17, 15) is 63.6 Å².